The summed E-state index contributed by atoms with van der Waals surface area (Å²) in [6.45, 7) is 0.437. The molecule has 2 amide bonds. The third-order valence-corrected chi connectivity index (χ3v) is 4.81. The first-order chi connectivity index (χ1) is 15.7. The second-order valence-corrected chi connectivity index (χ2v) is 7.14. The summed E-state index contributed by atoms with van der Waals surface area (Å²) in [6.07, 6.45) is 0.586. The Balaban J connectivity index is 1.32. The van der Waals surface area contributed by atoms with Crippen LogP contribution < -0.4 is 10.6 Å². The summed E-state index contributed by atoms with van der Waals surface area (Å²) >= 11 is 0. The number of nitrogens with zero attached hydrogens (tertiary/aromatic N) is 4. The van der Waals surface area contributed by atoms with E-state index in [2.05, 4.69) is 26.2 Å². The molecule has 1 heterocycles. The highest BCUT2D eigenvalue weighted by molar-refractivity contribution is 5.97. The number of nitrogens with one attached hydrogen (secondary N) is 2. The van der Waals surface area contributed by atoms with Gasteiger partial charge in [-0.2, -0.15) is 4.68 Å². The second kappa shape index (κ2) is 10.1. The predicted molar refractivity (Wildman–Crippen MR) is 120 cm³/mol. The molecule has 1 aromatic heterocycles. The van der Waals surface area contributed by atoms with Gasteiger partial charge < -0.3 is 10.6 Å². The monoisotopic (exact) mass is 426 g/mol. The molecule has 0 aliphatic carbocycles. The van der Waals surface area contributed by atoms with Crippen LogP contribution in [0, 0.1) is 0 Å². The molecule has 32 heavy (non-hydrogen) atoms. The second-order valence-electron chi connectivity index (χ2n) is 7.14. The molecule has 4 rings (SSSR count). The number of aromatic nitrogens is 4. The van der Waals surface area contributed by atoms with E-state index in [9.17, 15) is 9.59 Å². The van der Waals surface area contributed by atoms with Gasteiger partial charge in [0, 0.05) is 30.6 Å². The number of aryl methyl sites for hydroxylation is 1. The van der Waals surface area contributed by atoms with Gasteiger partial charge >= 0.3 is 0 Å². The molecule has 0 radical (unpaired) electrons. The van der Waals surface area contributed by atoms with Crippen LogP contribution in [0.25, 0.3) is 5.69 Å². The van der Waals surface area contributed by atoms with Gasteiger partial charge in [0.1, 0.15) is 0 Å². The standard InChI is InChI=1S/C24H22N6O2/c31-23(15-14-22-27-28-29-30(22)21-12-5-2-6-13-21)26-20-11-7-10-19(16-20)24(32)25-17-18-8-3-1-4-9-18/h1-13,16H,14-15,17H2,(H,25,32)(H,26,31). The van der Waals surface area contributed by atoms with E-state index in [1.165, 1.54) is 0 Å². The fraction of sp³-hybridized carbons (Fsp3) is 0.125. The van der Waals surface area contributed by atoms with Crippen LogP contribution in [0.3, 0.4) is 0 Å². The zero-order valence-corrected chi connectivity index (χ0v) is 17.3. The van der Waals surface area contributed by atoms with Gasteiger partial charge in [0.15, 0.2) is 5.82 Å². The molecule has 0 aliphatic rings. The number of hydrogen-bond donors (Lipinski definition) is 2. The van der Waals surface area contributed by atoms with E-state index in [4.69, 9.17) is 0 Å². The smallest absolute Gasteiger partial charge is 0.251 e. The zero-order valence-electron chi connectivity index (χ0n) is 17.3. The zero-order chi connectivity index (χ0) is 22.2. The van der Waals surface area contributed by atoms with Gasteiger partial charge in [0.05, 0.1) is 5.69 Å². The first-order valence-corrected chi connectivity index (χ1v) is 10.2. The molecule has 0 fully saturated rings. The molecule has 8 heteroatoms. The van der Waals surface area contributed by atoms with Gasteiger partial charge in [0.25, 0.3) is 5.91 Å². The molecular formula is C24H22N6O2. The highest BCUT2D eigenvalue weighted by atomic mass is 16.2. The maximum atomic E-state index is 12.5. The highest BCUT2D eigenvalue weighted by Gasteiger charge is 2.12. The molecule has 0 spiro atoms. The molecule has 0 atom stereocenters. The topological polar surface area (TPSA) is 102 Å². The van der Waals surface area contributed by atoms with Crippen LogP contribution in [-0.2, 0) is 17.8 Å². The summed E-state index contributed by atoms with van der Waals surface area (Å²) in [5.74, 6) is 0.210. The quantitative estimate of drug-likeness (QED) is 0.451. The van der Waals surface area contributed by atoms with Crippen molar-refractivity contribution in [3.8, 4) is 5.69 Å². The number of carbonyl (C=O) groups excluding carboxylic acids is 2. The van der Waals surface area contributed by atoms with Crippen LogP contribution in [0.5, 0.6) is 0 Å². The van der Waals surface area contributed by atoms with Crippen molar-refractivity contribution in [1.29, 1.82) is 0 Å². The fourth-order valence-corrected chi connectivity index (χ4v) is 3.20. The first-order valence-electron chi connectivity index (χ1n) is 10.2. The van der Waals surface area contributed by atoms with E-state index in [0.717, 1.165) is 11.3 Å². The number of tetrazole rings is 1. The van der Waals surface area contributed by atoms with Crippen molar-refractivity contribution in [2.45, 2.75) is 19.4 Å². The third kappa shape index (κ3) is 5.42. The van der Waals surface area contributed by atoms with Crippen LogP contribution in [0.1, 0.15) is 28.2 Å². The number of rotatable bonds is 8. The molecule has 8 nitrogen and oxygen atoms in total. The van der Waals surface area contributed by atoms with Crippen molar-refractivity contribution in [1.82, 2.24) is 25.5 Å². The minimum atomic E-state index is -0.202. The van der Waals surface area contributed by atoms with E-state index in [0.29, 0.717) is 30.0 Å². The van der Waals surface area contributed by atoms with Gasteiger partial charge in [0.2, 0.25) is 5.91 Å². The molecule has 0 saturated heterocycles. The number of amides is 2. The third-order valence-electron chi connectivity index (χ3n) is 4.81. The van der Waals surface area contributed by atoms with Crippen molar-refractivity contribution in [2.24, 2.45) is 0 Å². The van der Waals surface area contributed by atoms with Crippen LogP contribution in [0.4, 0.5) is 5.69 Å². The van der Waals surface area contributed by atoms with Crippen molar-refractivity contribution < 1.29 is 9.59 Å². The Morgan fingerprint density at radius 1 is 0.875 bits per heavy atom. The maximum Gasteiger partial charge on any atom is 0.251 e. The fourth-order valence-electron chi connectivity index (χ4n) is 3.20. The maximum absolute atomic E-state index is 12.5. The predicted octanol–water partition coefficient (Wildman–Crippen LogP) is 3.16. The van der Waals surface area contributed by atoms with Gasteiger partial charge in [-0.25, -0.2) is 0 Å². The average Bonchev–Trinajstić information content (AvgIpc) is 3.31. The average molecular weight is 426 g/mol. The Kier molecular flexibility index (Phi) is 6.62. The summed E-state index contributed by atoms with van der Waals surface area (Å²) in [7, 11) is 0. The van der Waals surface area contributed by atoms with E-state index in [1.54, 1.807) is 28.9 Å². The van der Waals surface area contributed by atoms with Gasteiger partial charge in [-0.3, -0.25) is 9.59 Å². The van der Waals surface area contributed by atoms with Crippen LogP contribution in [0.2, 0.25) is 0 Å². The lowest BCUT2D eigenvalue weighted by Crippen LogP contribution is -2.23. The summed E-state index contributed by atoms with van der Waals surface area (Å²) in [4.78, 5) is 24.9. The molecule has 160 valence electrons. The molecule has 0 aliphatic heterocycles. The first kappa shape index (κ1) is 20.9. The largest absolute Gasteiger partial charge is 0.348 e. The molecule has 4 aromatic rings. The molecule has 0 unspecified atom stereocenters. The Bertz CT molecular complexity index is 1190. The van der Waals surface area contributed by atoms with Crippen molar-refractivity contribution >= 4 is 17.5 Å². The van der Waals surface area contributed by atoms with E-state index >= 15 is 0 Å². The highest BCUT2D eigenvalue weighted by Crippen LogP contribution is 2.13. The van der Waals surface area contributed by atoms with Crippen molar-refractivity contribution in [2.75, 3.05) is 5.32 Å². The van der Waals surface area contributed by atoms with E-state index in [1.807, 2.05) is 60.7 Å². The van der Waals surface area contributed by atoms with Gasteiger partial charge in [-0.15, -0.1) is 5.10 Å². The lowest BCUT2D eigenvalue weighted by molar-refractivity contribution is -0.116. The van der Waals surface area contributed by atoms with E-state index in [-0.39, 0.29) is 18.2 Å². The molecule has 0 saturated carbocycles. The Hall–Kier alpha value is -4.33. The van der Waals surface area contributed by atoms with Crippen LogP contribution in [-0.4, -0.2) is 32.0 Å². The lowest BCUT2D eigenvalue weighted by atomic mass is 10.1. The van der Waals surface area contributed by atoms with Gasteiger partial charge in [-0.1, -0.05) is 54.6 Å². The number of benzene rings is 3. The van der Waals surface area contributed by atoms with Crippen molar-refractivity contribution in [3.05, 3.63) is 102 Å². The summed E-state index contributed by atoms with van der Waals surface area (Å²) < 4.78 is 1.62. The SMILES string of the molecule is O=C(CCc1nnnn1-c1ccccc1)Nc1cccc(C(=O)NCc2ccccc2)c1. The number of hydrogen-bond acceptors (Lipinski definition) is 5. The number of anilines is 1. The normalized spacial score (nSPS) is 10.5. The van der Waals surface area contributed by atoms with Crippen LogP contribution in [0.15, 0.2) is 84.9 Å². The molecule has 2 N–H and O–H groups in total. The minimum Gasteiger partial charge on any atom is -0.348 e. The molecular weight excluding hydrogens is 404 g/mol. The lowest BCUT2D eigenvalue weighted by Gasteiger charge is -2.09. The summed E-state index contributed by atoms with van der Waals surface area (Å²) in [6, 6.07) is 26.0. The van der Waals surface area contributed by atoms with Gasteiger partial charge in [-0.05, 0) is 46.3 Å². The van der Waals surface area contributed by atoms with E-state index < -0.39 is 0 Å². The Morgan fingerprint density at radius 3 is 2.41 bits per heavy atom. The number of carbonyl (C=O) groups is 2. The van der Waals surface area contributed by atoms with Crippen molar-refractivity contribution in [3.63, 3.8) is 0 Å². The Morgan fingerprint density at radius 2 is 1.62 bits per heavy atom. The summed E-state index contributed by atoms with van der Waals surface area (Å²) in [5, 5.41) is 17.5. The molecule has 3 aromatic carbocycles. The number of para-hydroxylation sites is 1. The van der Waals surface area contributed by atoms with Crippen LogP contribution >= 0.6 is 0 Å². The molecule has 0 bridgehead atoms. The summed E-state index contributed by atoms with van der Waals surface area (Å²) in [5.41, 5.74) is 2.89. The Labute approximate surface area is 185 Å². The minimum absolute atomic E-state index is 0.186.